The largest absolute Gasteiger partial charge is 0.382 e. The number of carbonyl (C=O) groups is 2. The molecule has 2 amide bonds. The van der Waals surface area contributed by atoms with Gasteiger partial charge < -0.3 is 15.8 Å². The van der Waals surface area contributed by atoms with E-state index in [1.807, 2.05) is 61.5 Å². The molecule has 1 aromatic heterocycles. The van der Waals surface area contributed by atoms with Crippen LogP contribution in [0.25, 0.3) is 11.3 Å². The maximum absolute atomic E-state index is 12.8. The molecule has 9 heteroatoms. The predicted octanol–water partition coefficient (Wildman–Crippen LogP) is 5.02. The van der Waals surface area contributed by atoms with Gasteiger partial charge in [0.1, 0.15) is 0 Å². The summed E-state index contributed by atoms with van der Waals surface area (Å²) in [6.45, 7) is 2.81. The topological polar surface area (TPSA) is 119 Å². The molecule has 0 aliphatic rings. The van der Waals surface area contributed by atoms with Crippen LogP contribution in [0.4, 0.5) is 11.5 Å². The van der Waals surface area contributed by atoms with Gasteiger partial charge in [0.2, 0.25) is 5.91 Å². The first-order valence-electron chi connectivity index (χ1n) is 11.7. The molecule has 188 valence electrons. The van der Waals surface area contributed by atoms with Crippen molar-refractivity contribution in [3.05, 3.63) is 102 Å². The van der Waals surface area contributed by atoms with E-state index in [1.165, 1.54) is 11.9 Å². The third kappa shape index (κ3) is 7.63. The summed E-state index contributed by atoms with van der Waals surface area (Å²) < 4.78 is 8.34. The van der Waals surface area contributed by atoms with E-state index < -0.39 is 5.91 Å². The number of carbonyl (C=O) groups excluding carboxylic acids is 2. The molecule has 4 N–H and O–H groups in total. The number of anilines is 2. The number of hydrogen-bond donors (Lipinski definition) is 3. The number of rotatable bonds is 10. The van der Waals surface area contributed by atoms with Crippen LogP contribution >= 0.6 is 11.9 Å². The average Bonchev–Trinajstić information content (AvgIpc) is 2.92. The molecule has 0 aliphatic heterocycles. The Kier molecular flexibility index (Phi) is 8.85. The summed E-state index contributed by atoms with van der Waals surface area (Å²) in [6.07, 6.45) is 1.81. The second-order valence-corrected chi connectivity index (χ2v) is 9.13. The Morgan fingerprint density at radius 2 is 1.70 bits per heavy atom. The number of aromatic nitrogens is 2. The van der Waals surface area contributed by atoms with Crippen molar-refractivity contribution in [2.45, 2.75) is 24.8 Å². The number of nitrogens with zero attached hydrogens (tertiary/aromatic N) is 2. The number of aryl methyl sites for hydroxylation is 1. The normalized spacial score (nSPS) is 10.6. The summed E-state index contributed by atoms with van der Waals surface area (Å²) in [5.41, 5.74) is 10.1. The highest BCUT2D eigenvalue weighted by molar-refractivity contribution is 7.98. The standard InChI is InChI=1S/C28H27N5O3S/c1-19-7-9-21(10-8-19)24-17-30-27(29)26(32-24)28(35)31-22-11-13-23(14-12-22)37-33-25(34)15-16-36-18-20-5-3-2-4-6-20/h2-14,17H,15-16,18H2,1H3,(H2,29,30)(H,31,35)(H,33,34). The van der Waals surface area contributed by atoms with Gasteiger partial charge >= 0.3 is 0 Å². The fraction of sp³-hybridized carbons (Fsp3) is 0.143. The predicted molar refractivity (Wildman–Crippen MR) is 146 cm³/mol. The number of amides is 2. The molecule has 0 aliphatic carbocycles. The fourth-order valence-corrected chi connectivity index (χ4v) is 3.93. The molecular weight excluding hydrogens is 486 g/mol. The van der Waals surface area contributed by atoms with Gasteiger partial charge in [0.05, 0.1) is 31.5 Å². The number of nitrogens with two attached hydrogens (primary N) is 1. The summed E-state index contributed by atoms with van der Waals surface area (Å²) in [7, 11) is 0. The van der Waals surface area contributed by atoms with Gasteiger partial charge in [-0.3, -0.25) is 14.3 Å². The Morgan fingerprint density at radius 1 is 0.973 bits per heavy atom. The van der Waals surface area contributed by atoms with Crippen LogP contribution in [0.1, 0.15) is 28.0 Å². The summed E-state index contributed by atoms with van der Waals surface area (Å²) in [4.78, 5) is 34.3. The molecule has 0 bridgehead atoms. The first-order valence-corrected chi connectivity index (χ1v) is 12.5. The highest BCUT2D eigenvalue weighted by Crippen LogP contribution is 2.21. The number of nitrogen functional groups attached to an aromatic ring is 1. The third-order valence-electron chi connectivity index (χ3n) is 5.34. The highest BCUT2D eigenvalue weighted by Gasteiger charge is 2.15. The lowest BCUT2D eigenvalue weighted by Crippen LogP contribution is -2.18. The monoisotopic (exact) mass is 513 g/mol. The SMILES string of the molecule is Cc1ccc(-c2cnc(N)c(C(=O)Nc3ccc(SNC(=O)CCOCc4ccccc4)cc3)n2)cc1. The lowest BCUT2D eigenvalue weighted by Gasteiger charge is -2.09. The van der Waals surface area contributed by atoms with Crippen LogP contribution in [0, 0.1) is 6.92 Å². The summed E-state index contributed by atoms with van der Waals surface area (Å²) in [5.74, 6) is -0.530. The molecule has 37 heavy (non-hydrogen) atoms. The van der Waals surface area contributed by atoms with Crippen LogP contribution in [0.2, 0.25) is 0 Å². The van der Waals surface area contributed by atoms with Gasteiger partial charge in [-0.15, -0.1) is 0 Å². The smallest absolute Gasteiger partial charge is 0.278 e. The van der Waals surface area contributed by atoms with Gasteiger partial charge in [-0.1, -0.05) is 60.2 Å². The van der Waals surface area contributed by atoms with Crippen molar-refractivity contribution in [3.8, 4) is 11.3 Å². The van der Waals surface area contributed by atoms with Gasteiger partial charge in [-0.2, -0.15) is 0 Å². The van der Waals surface area contributed by atoms with E-state index in [1.54, 1.807) is 30.5 Å². The molecule has 8 nitrogen and oxygen atoms in total. The number of nitrogens with one attached hydrogen (secondary N) is 2. The van der Waals surface area contributed by atoms with E-state index in [-0.39, 0.29) is 23.8 Å². The van der Waals surface area contributed by atoms with Crippen LogP contribution < -0.4 is 15.8 Å². The fourth-order valence-electron chi connectivity index (χ4n) is 3.32. The molecular formula is C28H27N5O3S. The molecule has 0 saturated heterocycles. The summed E-state index contributed by atoms with van der Waals surface area (Å²) in [6, 6.07) is 24.7. The number of hydrogen-bond acceptors (Lipinski definition) is 7. The molecule has 4 rings (SSSR count). The van der Waals surface area contributed by atoms with Crippen molar-refractivity contribution >= 4 is 35.3 Å². The molecule has 4 aromatic rings. The molecule has 1 heterocycles. The summed E-state index contributed by atoms with van der Waals surface area (Å²) >= 11 is 1.20. The van der Waals surface area contributed by atoms with Crippen LogP contribution in [0.15, 0.2) is 90.0 Å². The minimum absolute atomic E-state index is 0.0518. The van der Waals surface area contributed by atoms with Crippen molar-refractivity contribution in [3.63, 3.8) is 0 Å². The van der Waals surface area contributed by atoms with E-state index in [9.17, 15) is 9.59 Å². The second-order valence-electron chi connectivity index (χ2n) is 8.25. The van der Waals surface area contributed by atoms with Gasteiger partial charge in [0, 0.05) is 16.1 Å². The minimum atomic E-state index is -0.455. The Morgan fingerprint density at radius 3 is 2.43 bits per heavy atom. The molecule has 0 fully saturated rings. The number of ether oxygens (including phenoxy) is 1. The Labute approximate surface area is 219 Å². The van der Waals surface area contributed by atoms with Crippen LogP contribution in [-0.2, 0) is 16.1 Å². The van der Waals surface area contributed by atoms with E-state index in [4.69, 9.17) is 10.5 Å². The van der Waals surface area contributed by atoms with Crippen LogP contribution in [0.3, 0.4) is 0 Å². The van der Waals surface area contributed by atoms with Crippen molar-refractivity contribution in [2.75, 3.05) is 17.7 Å². The molecule has 0 unspecified atom stereocenters. The molecule has 3 aromatic carbocycles. The van der Waals surface area contributed by atoms with Crippen molar-refractivity contribution in [2.24, 2.45) is 0 Å². The van der Waals surface area contributed by atoms with Gasteiger partial charge in [0.25, 0.3) is 5.91 Å². The zero-order chi connectivity index (χ0) is 26.0. The average molecular weight is 514 g/mol. The third-order valence-corrected chi connectivity index (χ3v) is 6.18. The van der Waals surface area contributed by atoms with Crippen molar-refractivity contribution in [1.82, 2.24) is 14.7 Å². The van der Waals surface area contributed by atoms with Crippen LogP contribution in [-0.4, -0.2) is 28.4 Å². The van der Waals surface area contributed by atoms with Crippen molar-refractivity contribution in [1.29, 1.82) is 0 Å². The van der Waals surface area contributed by atoms with E-state index in [2.05, 4.69) is 20.0 Å². The first kappa shape index (κ1) is 25.9. The van der Waals surface area contributed by atoms with Crippen LogP contribution in [0.5, 0.6) is 0 Å². The zero-order valence-corrected chi connectivity index (χ0v) is 21.1. The first-order chi connectivity index (χ1) is 18.0. The van der Waals surface area contributed by atoms with E-state index >= 15 is 0 Å². The second kappa shape index (κ2) is 12.7. The van der Waals surface area contributed by atoms with Gasteiger partial charge in [-0.25, -0.2) is 9.97 Å². The highest BCUT2D eigenvalue weighted by atomic mass is 32.2. The van der Waals surface area contributed by atoms with Gasteiger partial charge in [-0.05, 0) is 48.7 Å². The Bertz CT molecular complexity index is 1350. The summed E-state index contributed by atoms with van der Waals surface area (Å²) in [5, 5.41) is 2.79. The quantitative estimate of drug-likeness (QED) is 0.201. The van der Waals surface area contributed by atoms with Gasteiger partial charge in [0.15, 0.2) is 11.5 Å². The van der Waals surface area contributed by atoms with E-state index in [0.717, 1.165) is 21.6 Å². The van der Waals surface area contributed by atoms with Crippen molar-refractivity contribution < 1.29 is 14.3 Å². The zero-order valence-electron chi connectivity index (χ0n) is 20.3. The minimum Gasteiger partial charge on any atom is -0.382 e. The Hall–Kier alpha value is -4.21. The molecule has 0 saturated carbocycles. The maximum Gasteiger partial charge on any atom is 0.278 e. The lowest BCUT2D eigenvalue weighted by atomic mass is 10.1. The van der Waals surface area contributed by atoms with E-state index in [0.29, 0.717) is 24.6 Å². The number of benzene rings is 3. The Balaban J connectivity index is 1.25. The maximum atomic E-state index is 12.8. The molecule has 0 atom stereocenters. The molecule has 0 spiro atoms. The molecule has 0 radical (unpaired) electrons. The lowest BCUT2D eigenvalue weighted by molar-refractivity contribution is -0.120.